The molecule has 0 aliphatic rings. The number of benzene rings is 2. The molecule has 0 aromatic heterocycles. The average molecular weight is 536 g/mol. The summed E-state index contributed by atoms with van der Waals surface area (Å²) in [5, 5.41) is 2.48. The van der Waals surface area contributed by atoms with Gasteiger partial charge in [-0.25, -0.2) is 0 Å². The molecule has 2 rings (SSSR count). The van der Waals surface area contributed by atoms with Gasteiger partial charge < -0.3 is 9.47 Å². The number of ether oxygens (including phenoxy) is 2. The minimum atomic E-state index is -0.434. The third kappa shape index (κ3) is 9.01. The molecule has 3 N–H and O–H groups in total. The molecule has 178 valence electrons. The van der Waals surface area contributed by atoms with Crippen LogP contribution in [0.2, 0.25) is 0 Å². The Labute approximate surface area is 208 Å². The summed E-state index contributed by atoms with van der Waals surface area (Å²) >= 11 is 8.51. The van der Waals surface area contributed by atoms with Crippen LogP contribution in [-0.2, 0) is 4.79 Å². The van der Waals surface area contributed by atoms with Crippen LogP contribution in [0.4, 0.5) is 0 Å². The Morgan fingerprint density at radius 1 is 1.00 bits per heavy atom. The number of amides is 2. The van der Waals surface area contributed by atoms with E-state index in [0.29, 0.717) is 34.1 Å². The van der Waals surface area contributed by atoms with Crippen molar-refractivity contribution in [3.05, 3.63) is 58.1 Å². The van der Waals surface area contributed by atoms with Crippen molar-refractivity contribution in [3.63, 3.8) is 0 Å². The Morgan fingerprint density at radius 2 is 1.73 bits per heavy atom. The molecule has 7 nitrogen and oxygen atoms in total. The molecule has 33 heavy (non-hydrogen) atoms. The van der Waals surface area contributed by atoms with Crippen LogP contribution in [0.15, 0.2) is 46.9 Å². The Kier molecular flexibility index (Phi) is 10.6. The van der Waals surface area contributed by atoms with Crippen LogP contribution >= 0.6 is 28.1 Å². The number of hydrogen-bond acceptors (Lipinski definition) is 5. The summed E-state index contributed by atoms with van der Waals surface area (Å²) in [6.45, 7) is 8.77. The summed E-state index contributed by atoms with van der Waals surface area (Å²) in [6.07, 6.45) is 0.940. The van der Waals surface area contributed by atoms with E-state index in [0.717, 1.165) is 12.0 Å². The van der Waals surface area contributed by atoms with E-state index in [9.17, 15) is 9.59 Å². The van der Waals surface area contributed by atoms with Gasteiger partial charge in [0.1, 0.15) is 11.5 Å². The smallest absolute Gasteiger partial charge is 0.276 e. The fourth-order valence-corrected chi connectivity index (χ4v) is 3.40. The first kappa shape index (κ1) is 26.6. The van der Waals surface area contributed by atoms with Gasteiger partial charge in [-0.2, -0.15) is 0 Å². The van der Waals surface area contributed by atoms with Gasteiger partial charge in [0.2, 0.25) is 0 Å². The molecule has 0 bridgehead atoms. The summed E-state index contributed by atoms with van der Waals surface area (Å²) in [6, 6.07) is 12.6. The molecule has 2 aromatic carbocycles. The number of thiocarbonyl (C=S) groups is 1. The molecule has 9 heteroatoms. The average Bonchev–Trinajstić information content (AvgIpc) is 2.77. The molecule has 0 saturated heterocycles. The number of carbonyl (C=O) groups excluding carboxylic acids is 2. The van der Waals surface area contributed by atoms with E-state index >= 15 is 0 Å². The zero-order valence-electron chi connectivity index (χ0n) is 19.2. The predicted molar refractivity (Wildman–Crippen MR) is 136 cm³/mol. The van der Waals surface area contributed by atoms with Gasteiger partial charge in [-0.05, 0) is 76.2 Å². The molecule has 0 aliphatic heterocycles. The lowest BCUT2D eigenvalue weighted by Gasteiger charge is -2.15. The minimum absolute atomic E-state index is 0.0377. The second-order valence-electron chi connectivity index (χ2n) is 8.11. The number of hydrazine groups is 1. The number of carbonyl (C=O) groups is 2. The molecule has 2 aromatic rings. The van der Waals surface area contributed by atoms with E-state index in [1.165, 1.54) is 0 Å². The molecule has 0 unspecified atom stereocenters. The Bertz CT molecular complexity index is 982. The van der Waals surface area contributed by atoms with Crippen molar-refractivity contribution < 1.29 is 19.1 Å². The van der Waals surface area contributed by atoms with Gasteiger partial charge >= 0.3 is 0 Å². The van der Waals surface area contributed by atoms with Gasteiger partial charge in [0.05, 0.1) is 11.1 Å². The van der Waals surface area contributed by atoms with Gasteiger partial charge in [-0.3, -0.25) is 25.8 Å². The minimum Gasteiger partial charge on any atom is -0.492 e. The highest BCUT2D eigenvalue weighted by molar-refractivity contribution is 9.10. The summed E-state index contributed by atoms with van der Waals surface area (Å²) in [4.78, 5) is 24.5. The maximum atomic E-state index is 12.4. The normalized spacial score (nSPS) is 10.6. The van der Waals surface area contributed by atoms with Crippen LogP contribution in [0.25, 0.3) is 0 Å². The highest BCUT2D eigenvalue weighted by atomic mass is 79.9. The lowest BCUT2D eigenvalue weighted by molar-refractivity contribution is -0.123. The van der Waals surface area contributed by atoms with E-state index < -0.39 is 11.8 Å². The second kappa shape index (κ2) is 13.2. The van der Waals surface area contributed by atoms with Crippen LogP contribution in [0.1, 0.15) is 56.0 Å². The van der Waals surface area contributed by atoms with E-state index in [1.807, 2.05) is 24.3 Å². The lowest BCUT2D eigenvalue weighted by atomic mass is 10.0. The molecule has 0 aliphatic carbocycles. The maximum Gasteiger partial charge on any atom is 0.276 e. The first-order chi connectivity index (χ1) is 15.7. The van der Waals surface area contributed by atoms with E-state index in [4.69, 9.17) is 21.7 Å². The second-order valence-corrected chi connectivity index (χ2v) is 9.38. The summed E-state index contributed by atoms with van der Waals surface area (Å²) < 4.78 is 12.0. The van der Waals surface area contributed by atoms with Gasteiger partial charge in [-0.1, -0.05) is 45.9 Å². The fourth-order valence-electron chi connectivity index (χ4n) is 2.77. The molecule has 0 heterocycles. The molecule has 0 fully saturated rings. The van der Waals surface area contributed by atoms with Crippen molar-refractivity contribution >= 4 is 45.1 Å². The molecule has 0 saturated carbocycles. The standard InChI is InChI=1S/C24H30BrN3O4S/c1-15(2)11-12-31-21-10-9-17(13-19(21)25)23(30)26-24(33)28-27-22(29)14-32-20-8-6-5-7-18(20)16(3)4/h5-10,13,15-16H,11-12,14H2,1-4H3,(H,27,29)(H2,26,28,30,33). The third-order valence-electron chi connectivity index (χ3n) is 4.59. The number of rotatable bonds is 9. The molecule has 0 radical (unpaired) electrons. The van der Waals surface area contributed by atoms with E-state index in [1.54, 1.807) is 18.2 Å². The molecular formula is C24H30BrN3O4S. The molecule has 0 spiro atoms. The summed E-state index contributed by atoms with van der Waals surface area (Å²) in [7, 11) is 0. The summed E-state index contributed by atoms with van der Waals surface area (Å²) in [5.41, 5.74) is 6.32. The first-order valence-electron chi connectivity index (χ1n) is 10.7. The number of halogens is 1. The zero-order chi connectivity index (χ0) is 24.4. The largest absolute Gasteiger partial charge is 0.492 e. The number of hydrogen-bond donors (Lipinski definition) is 3. The third-order valence-corrected chi connectivity index (χ3v) is 5.41. The van der Waals surface area contributed by atoms with Crippen LogP contribution in [-0.4, -0.2) is 30.1 Å². The van der Waals surface area contributed by atoms with Crippen molar-refractivity contribution in [3.8, 4) is 11.5 Å². The Morgan fingerprint density at radius 3 is 2.39 bits per heavy atom. The van der Waals surface area contributed by atoms with Crippen LogP contribution in [0.5, 0.6) is 11.5 Å². The highest BCUT2D eigenvalue weighted by Gasteiger charge is 2.13. The van der Waals surface area contributed by atoms with Crippen molar-refractivity contribution in [1.29, 1.82) is 0 Å². The van der Waals surface area contributed by atoms with Crippen molar-refractivity contribution in [2.24, 2.45) is 5.92 Å². The number of para-hydroxylation sites is 1. The van der Waals surface area contributed by atoms with Crippen molar-refractivity contribution in [1.82, 2.24) is 16.2 Å². The molecular weight excluding hydrogens is 506 g/mol. The Balaban J connectivity index is 1.79. The van der Waals surface area contributed by atoms with Crippen molar-refractivity contribution in [2.45, 2.75) is 40.0 Å². The number of nitrogens with one attached hydrogen (secondary N) is 3. The van der Waals surface area contributed by atoms with Gasteiger partial charge in [0, 0.05) is 5.56 Å². The predicted octanol–water partition coefficient (Wildman–Crippen LogP) is 4.71. The van der Waals surface area contributed by atoms with Crippen LogP contribution in [0, 0.1) is 5.92 Å². The SMILES string of the molecule is CC(C)CCOc1ccc(C(=O)NC(=S)NNC(=O)COc2ccccc2C(C)C)cc1Br. The topological polar surface area (TPSA) is 88.7 Å². The molecule has 0 atom stereocenters. The van der Waals surface area contributed by atoms with Crippen molar-refractivity contribution in [2.75, 3.05) is 13.2 Å². The fraction of sp³-hybridized carbons (Fsp3) is 0.375. The maximum absolute atomic E-state index is 12.4. The Hall–Kier alpha value is -2.65. The van der Waals surface area contributed by atoms with Crippen LogP contribution in [0.3, 0.4) is 0 Å². The lowest BCUT2D eigenvalue weighted by Crippen LogP contribution is -2.49. The molecule has 2 amide bonds. The summed E-state index contributed by atoms with van der Waals surface area (Å²) in [5.74, 6) is 1.28. The van der Waals surface area contributed by atoms with E-state index in [2.05, 4.69) is 59.8 Å². The van der Waals surface area contributed by atoms with Crippen LogP contribution < -0.4 is 25.6 Å². The monoisotopic (exact) mass is 535 g/mol. The quantitative estimate of drug-likeness (QED) is 0.318. The van der Waals surface area contributed by atoms with Gasteiger partial charge in [-0.15, -0.1) is 0 Å². The van der Waals surface area contributed by atoms with Gasteiger partial charge in [0.25, 0.3) is 11.8 Å². The van der Waals surface area contributed by atoms with Gasteiger partial charge in [0.15, 0.2) is 11.7 Å². The first-order valence-corrected chi connectivity index (χ1v) is 11.9. The zero-order valence-corrected chi connectivity index (χ0v) is 21.6. The highest BCUT2D eigenvalue weighted by Crippen LogP contribution is 2.27. The van der Waals surface area contributed by atoms with E-state index in [-0.39, 0.29) is 17.6 Å².